The summed E-state index contributed by atoms with van der Waals surface area (Å²) in [5, 5.41) is 10.4. The summed E-state index contributed by atoms with van der Waals surface area (Å²) in [6, 6.07) is 0. The van der Waals surface area contributed by atoms with Crippen LogP contribution < -0.4 is 0 Å². The predicted molar refractivity (Wildman–Crippen MR) is 32.1 cm³/mol. The van der Waals surface area contributed by atoms with Gasteiger partial charge in [0.2, 0.25) is 0 Å². The third kappa shape index (κ3) is 8.97. The van der Waals surface area contributed by atoms with Crippen LogP contribution in [0.15, 0.2) is 0 Å². The van der Waals surface area contributed by atoms with E-state index in [9.17, 15) is 22.0 Å². The second-order valence-electron chi connectivity index (χ2n) is 1.61. The largest absolute Gasteiger partial charge is 0.490 e. The van der Waals surface area contributed by atoms with Crippen LogP contribution in [0.4, 0.5) is 22.0 Å². The summed E-state index contributed by atoms with van der Waals surface area (Å²) in [4.78, 5) is 18.0. The molecule has 0 aliphatic carbocycles. The van der Waals surface area contributed by atoms with E-state index in [2.05, 4.69) is 11.6 Å². The van der Waals surface area contributed by atoms with Gasteiger partial charge in [-0.2, -0.15) is 22.0 Å². The number of carboxylic acids is 2. The molecular weight excluding hydrogens is 242 g/mol. The van der Waals surface area contributed by atoms with Gasteiger partial charge in [-0.1, -0.05) is 0 Å². The van der Waals surface area contributed by atoms with E-state index in [4.69, 9.17) is 19.8 Å². The smallest absolute Gasteiger partial charge is 0.476 e. The molecule has 0 aromatic carbocycles. The lowest BCUT2D eigenvalue weighted by Crippen LogP contribution is -2.21. The number of hydrogen-bond acceptors (Lipinski definition) is 2. The Morgan fingerprint density at radius 2 is 1.07 bits per heavy atom. The van der Waals surface area contributed by atoms with Crippen molar-refractivity contribution in [3.8, 4) is 0 Å². The Hall–Kier alpha value is -1.12. The van der Waals surface area contributed by atoms with Crippen molar-refractivity contribution in [3.63, 3.8) is 0 Å². The van der Waals surface area contributed by atoms with Gasteiger partial charge in [-0.05, 0) is 11.6 Å². The highest BCUT2D eigenvalue weighted by atomic mass is 35.5. The van der Waals surface area contributed by atoms with Crippen molar-refractivity contribution in [2.24, 2.45) is 0 Å². The first-order chi connectivity index (χ1) is 5.89. The van der Waals surface area contributed by atoms with Gasteiger partial charge >= 0.3 is 23.5 Å². The van der Waals surface area contributed by atoms with Crippen LogP contribution in [0.2, 0.25) is 0 Å². The topological polar surface area (TPSA) is 74.6 Å². The molecule has 0 atom stereocenters. The average molecular weight is 244 g/mol. The lowest BCUT2D eigenvalue weighted by molar-refractivity contribution is -0.192. The van der Waals surface area contributed by atoms with Crippen molar-refractivity contribution in [2.75, 3.05) is 0 Å². The summed E-state index contributed by atoms with van der Waals surface area (Å²) in [7, 11) is 0. The predicted octanol–water partition coefficient (Wildman–Crippen LogP) is 1.54. The van der Waals surface area contributed by atoms with Crippen LogP contribution >= 0.6 is 11.6 Å². The van der Waals surface area contributed by atoms with E-state index in [0.717, 1.165) is 0 Å². The zero-order chi connectivity index (χ0) is 12.2. The Morgan fingerprint density at radius 3 is 1.07 bits per heavy atom. The summed E-state index contributed by atoms with van der Waals surface area (Å²) in [5.41, 5.74) is 0. The standard InChI is InChI=1S/C2HClF2O2.C2HF3O2/c2*3-2(4,5)1(6)7/h2*(H,6,7). The first kappa shape index (κ1) is 15.4. The second kappa shape index (κ2) is 4.94. The van der Waals surface area contributed by atoms with Gasteiger partial charge in [-0.15, -0.1) is 0 Å². The van der Waals surface area contributed by atoms with Crippen molar-refractivity contribution in [1.82, 2.24) is 0 Å². The molecule has 0 saturated heterocycles. The zero-order valence-corrected chi connectivity index (χ0v) is 6.73. The summed E-state index contributed by atoms with van der Waals surface area (Å²) < 4.78 is 53.8. The fourth-order valence-corrected chi connectivity index (χ4v) is 0. The van der Waals surface area contributed by atoms with E-state index in [-0.39, 0.29) is 0 Å². The third-order valence-electron chi connectivity index (χ3n) is 0.485. The van der Waals surface area contributed by atoms with Gasteiger partial charge in [0.05, 0.1) is 0 Å². The van der Waals surface area contributed by atoms with Gasteiger partial charge in [0.25, 0.3) is 0 Å². The lowest BCUT2D eigenvalue weighted by Gasteiger charge is -1.95. The molecule has 0 bridgehead atoms. The Bertz CT molecular complexity index is 195. The number of alkyl halides is 6. The maximum atomic E-state index is 11.0. The summed E-state index contributed by atoms with van der Waals surface area (Å²) in [6.07, 6.45) is -5.08. The summed E-state index contributed by atoms with van der Waals surface area (Å²) in [6.45, 7) is 0. The molecule has 0 fully saturated rings. The third-order valence-corrected chi connectivity index (χ3v) is 0.647. The van der Waals surface area contributed by atoms with Crippen LogP contribution in [-0.2, 0) is 9.59 Å². The molecule has 84 valence electrons. The fraction of sp³-hybridized carbons (Fsp3) is 0.500. The van der Waals surface area contributed by atoms with Gasteiger partial charge in [0.1, 0.15) is 0 Å². The molecule has 0 spiro atoms. The number of rotatable bonds is 1. The number of halogens is 6. The van der Waals surface area contributed by atoms with Gasteiger partial charge in [-0.25, -0.2) is 9.59 Å². The molecule has 0 aliphatic heterocycles. The van der Waals surface area contributed by atoms with E-state index < -0.39 is 23.5 Å². The molecule has 0 unspecified atom stereocenters. The molecule has 0 rings (SSSR count). The minimum Gasteiger partial charge on any atom is -0.476 e. The quantitative estimate of drug-likeness (QED) is 0.542. The van der Waals surface area contributed by atoms with E-state index in [1.165, 1.54) is 0 Å². The number of carboxylic acid groups (broad SMARTS) is 2. The van der Waals surface area contributed by atoms with Crippen LogP contribution in [0.3, 0.4) is 0 Å². The average Bonchev–Trinajstić information content (AvgIpc) is 1.83. The summed E-state index contributed by atoms with van der Waals surface area (Å²) >= 11 is 3.94. The zero-order valence-electron chi connectivity index (χ0n) is 5.98. The second-order valence-corrected chi connectivity index (χ2v) is 2.08. The molecule has 0 aromatic rings. The number of carbonyl (C=O) groups is 2. The molecule has 14 heavy (non-hydrogen) atoms. The Labute approximate surface area is 77.9 Å². The Kier molecular flexibility index (Phi) is 5.41. The van der Waals surface area contributed by atoms with Crippen LogP contribution in [0, 0.1) is 0 Å². The number of aliphatic carboxylic acids is 2. The van der Waals surface area contributed by atoms with Crippen LogP contribution in [0.1, 0.15) is 0 Å². The van der Waals surface area contributed by atoms with Gasteiger partial charge in [-0.3, -0.25) is 0 Å². The van der Waals surface area contributed by atoms with E-state index >= 15 is 0 Å². The minimum atomic E-state index is -5.08. The van der Waals surface area contributed by atoms with Crippen molar-refractivity contribution in [3.05, 3.63) is 0 Å². The lowest BCUT2D eigenvalue weighted by atomic mass is 10.7. The molecular formula is C4H2ClF5O4. The van der Waals surface area contributed by atoms with Crippen molar-refractivity contribution < 1.29 is 41.8 Å². The highest BCUT2D eigenvalue weighted by Gasteiger charge is 2.38. The molecule has 0 aromatic heterocycles. The highest BCUT2D eigenvalue weighted by Crippen LogP contribution is 2.17. The van der Waals surface area contributed by atoms with Crippen LogP contribution in [0.5, 0.6) is 0 Å². The molecule has 10 heteroatoms. The van der Waals surface area contributed by atoms with Gasteiger partial charge in [0, 0.05) is 0 Å². The SMILES string of the molecule is O=C(O)C(F)(F)Cl.O=C(O)C(F)(F)F. The highest BCUT2D eigenvalue weighted by molar-refractivity contribution is 6.30. The van der Waals surface area contributed by atoms with Crippen LogP contribution in [0.25, 0.3) is 0 Å². The Morgan fingerprint density at radius 1 is 0.929 bits per heavy atom. The van der Waals surface area contributed by atoms with E-state index in [1.807, 2.05) is 0 Å². The first-order valence-electron chi connectivity index (χ1n) is 2.49. The normalized spacial score (nSPS) is 11.3. The van der Waals surface area contributed by atoms with Crippen molar-refractivity contribution in [2.45, 2.75) is 11.6 Å². The molecule has 0 heterocycles. The van der Waals surface area contributed by atoms with Gasteiger partial charge in [0.15, 0.2) is 0 Å². The van der Waals surface area contributed by atoms with Crippen molar-refractivity contribution >= 4 is 23.5 Å². The molecule has 2 N–H and O–H groups in total. The first-order valence-corrected chi connectivity index (χ1v) is 2.87. The minimum absolute atomic E-state index is 2.32. The van der Waals surface area contributed by atoms with Crippen LogP contribution in [-0.4, -0.2) is 33.7 Å². The van der Waals surface area contributed by atoms with E-state index in [1.54, 1.807) is 0 Å². The molecule has 4 nitrogen and oxygen atoms in total. The summed E-state index contributed by atoms with van der Waals surface area (Å²) in [5.74, 6) is -5.08. The molecule has 0 amide bonds. The molecule has 0 saturated carbocycles. The van der Waals surface area contributed by atoms with E-state index in [0.29, 0.717) is 0 Å². The monoisotopic (exact) mass is 244 g/mol. The molecule has 0 aliphatic rings. The molecule has 0 radical (unpaired) electrons. The maximum absolute atomic E-state index is 11.0. The Balaban J connectivity index is 0. The van der Waals surface area contributed by atoms with Crippen molar-refractivity contribution in [1.29, 1.82) is 0 Å². The number of hydrogen-bond donors (Lipinski definition) is 2. The maximum Gasteiger partial charge on any atom is 0.490 e. The van der Waals surface area contributed by atoms with Gasteiger partial charge < -0.3 is 10.2 Å². The fourth-order valence-electron chi connectivity index (χ4n) is 0.